The van der Waals surface area contributed by atoms with Crippen LogP contribution in [0.3, 0.4) is 0 Å². The summed E-state index contributed by atoms with van der Waals surface area (Å²) in [5, 5.41) is 2.96. The molecule has 0 radical (unpaired) electrons. The number of hydrogen-bond acceptors (Lipinski definition) is 3. The quantitative estimate of drug-likeness (QED) is 0.891. The first kappa shape index (κ1) is 15.9. The SMILES string of the molecule is COc1ccccc1N(C)CC(=O)NCc1ccccc1C. The molecule has 22 heavy (non-hydrogen) atoms. The Labute approximate surface area is 131 Å². The van der Waals surface area contributed by atoms with Gasteiger partial charge in [0, 0.05) is 13.6 Å². The van der Waals surface area contributed by atoms with Crippen molar-refractivity contribution in [2.24, 2.45) is 0 Å². The van der Waals surface area contributed by atoms with E-state index in [1.165, 1.54) is 5.56 Å². The lowest BCUT2D eigenvalue weighted by atomic mass is 10.1. The van der Waals surface area contributed by atoms with Crippen LogP contribution in [0, 0.1) is 6.92 Å². The molecule has 0 aromatic heterocycles. The van der Waals surface area contributed by atoms with Crippen LogP contribution < -0.4 is 15.0 Å². The number of anilines is 1. The Bertz CT molecular complexity index is 640. The van der Waals surface area contributed by atoms with Gasteiger partial charge in [-0.25, -0.2) is 0 Å². The van der Waals surface area contributed by atoms with Crippen LogP contribution in [0.1, 0.15) is 11.1 Å². The third-order valence-electron chi connectivity index (χ3n) is 3.61. The van der Waals surface area contributed by atoms with Crippen molar-refractivity contribution in [2.75, 3.05) is 25.6 Å². The Morgan fingerprint density at radius 2 is 1.82 bits per heavy atom. The lowest BCUT2D eigenvalue weighted by Crippen LogP contribution is -2.35. The molecule has 0 unspecified atom stereocenters. The van der Waals surface area contributed by atoms with Crippen LogP contribution in [0.5, 0.6) is 5.75 Å². The maximum atomic E-state index is 12.1. The van der Waals surface area contributed by atoms with Crippen LogP contribution in [0.4, 0.5) is 5.69 Å². The highest BCUT2D eigenvalue weighted by atomic mass is 16.5. The largest absolute Gasteiger partial charge is 0.495 e. The summed E-state index contributed by atoms with van der Waals surface area (Å²) in [6.45, 7) is 2.87. The molecule has 2 rings (SSSR count). The summed E-state index contributed by atoms with van der Waals surface area (Å²) in [5.41, 5.74) is 3.22. The molecule has 2 aromatic carbocycles. The van der Waals surface area contributed by atoms with E-state index < -0.39 is 0 Å². The first-order valence-electron chi connectivity index (χ1n) is 7.27. The maximum absolute atomic E-state index is 12.1. The number of para-hydroxylation sites is 2. The molecule has 0 heterocycles. The number of ether oxygens (including phenoxy) is 1. The van der Waals surface area contributed by atoms with Crippen LogP contribution >= 0.6 is 0 Å². The first-order valence-corrected chi connectivity index (χ1v) is 7.27. The number of rotatable bonds is 6. The van der Waals surface area contributed by atoms with Gasteiger partial charge in [-0.15, -0.1) is 0 Å². The molecule has 0 saturated carbocycles. The van der Waals surface area contributed by atoms with E-state index in [-0.39, 0.29) is 12.5 Å². The summed E-state index contributed by atoms with van der Waals surface area (Å²) in [7, 11) is 3.51. The van der Waals surface area contributed by atoms with Crippen molar-refractivity contribution < 1.29 is 9.53 Å². The average molecular weight is 298 g/mol. The van der Waals surface area contributed by atoms with Crippen molar-refractivity contribution in [1.82, 2.24) is 5.32 Å². The highest BCUT2D eigenvalue weighted by Crippen LogP contribution is 2.26. The van der Waals surface area contributed by atoms with Gasteiger partial charge in [-0.3, -0.25) is 4.79 Å². The molecule has 2 aromatic rings. The predicted molar refractivity (Wildman–Crippen MR) is 89.3 cm³/mol. The molecule has 0 atom stereocenters. The topological polar surface area (TPSA) is 41.6 Å². The van der Waals surface area contributed by atoms with Gasteiger partial charge in [-0.1, -0.05) is 36.4 Å². The number of carbonyl (C=O) groups is 1. The molecule has 0 saturated heterocycles. The minimum atomic E-state index is -0.0170. The minimum absolute atomic E-state index is 0.0170. The standard InChI is InChI=1S/C18H22N2O2/c1-14-8-4-5-9-15(14)12-19-18(21)13-20(2)16-10-6-7-11-17(16)22-3/h4-11H,12-13H2,1-3H3,(H,19,21). The monoisotopic (exact) mass is 298 g/mol. The Morgan fingerprint density at radius 1 is 1.14 bits per heavy atom. The van der Waals surface area contributed by atoms with Gasteiger partial charge >= 0.3 is 0 Å². The highest BCUT2D eigenvalue weighted by Gasteiger charge is 2.11. The molecule has 1 N–H and O–H groups in total. The summed E-state index contributed by atoms with van der Waals surface area (Å²) in [5.74, 6) is 0.744. The number of nitrogens with one attached hydrogen (secondary N) is 1. The van der Waals surface area contributed by atoms with E-state index in [1.807, 2.05) is 67.4 Å². The average Bonchev–Trinajstić information content (AvgIpc) is 2.54. The summed E-state index contributed by atoms with van der Waals surface area (Å²) in [6, 6.07) is 15.7. The lowest BCUT2D eigenvalue weighted by Gasteiger charge is -2.21. The third kappa shape index (κ3) is 4.01. The van der Waals surface area contributed by atoms with Gasteiger partial charge < -0.3 is 15.0 Å². The summed E-state index contributed by atoms with van der Waals surface area (Å²) in [6.07, 6.45) is 0. The van der Waals surface area contributed by atoms with Gasteiger partial charge in [0.05, 0.1) is 19.3 Å². The third-order valence-corrected chi connectivity index (χ3v) is 3.61. The molecule has 0 aliphatic rings. The van der Waals surface area contributed by atoms with Gasteiger partial charge in [0.25, 0.3) is 0 Å². The molecule has 0 fully saturated rings. The molecule has 0 bridgehead atoms. The first-order chi connectivity index (χ1) is 10.6. The van der Waals surface area contributed by atoms with E-state index in [2.05, 4.69) is 5.32 Å². The number of amides is 1. The fraction of sp³-hybridized carbons (Fsp3) is 0.278. The Morgan fingerprint density at radius 3 is 2.55 bits per heavy atom. The van der Waals surface area contributed by atoms with E-state index in [0.717, 1.165) is 17.0 Å². The van der Waals surface area contributed by atoms with Gasteiger partial charge in [0.1, 0.15) is 5.75 Å². The molecular weight excluding hydrogens is 276 g/mol. The number of carbonyl (C=O) groups excluding carboxylic acids is 1. The van der Waals surface area contributed by atoms with Gasteiger partial charge in [0.15, 0.2) is 0 Å². The number of hydrogen-bond donors (Lipinski definition) is 1. The van der Waals surface area contributed by atoms with Crippen LogP contribution in [-0.2, 0) is 11.3 Å². The zero-order chi connectivity index (χ0) is 15.9. The van der Waals surface area contributed by atoms with E-state index in [0.29, 0.717) is 6.54 Å². The van der Waals surface area contributed by atoms with E-state index in [4.69, 9.17) is 4.74 Å². The molecule has 1 amide bonds. The summed E-state index contributed by atoms with van der Waals surface area (Å²) in [4.78, 5) is 14.0. The number of methoxy groups -OCH3 is 1. The Balaban J connectivity index is 1.93. The summed E-state index contributed by atoms with van der Waals surface area (Å²) < 4.78 is 5.32. The normalized spacial score (nSPS) is 10.1. The van der Waals surface area contributed by atoms with Crippen molar-refractivity contribution in [2.45, 2.75) is 13.5 Å². The Hall–Kier alpha value is -2.49. The van der Waals surface area contributed by atoms with Crippen molar-refractivity contribution >= 4 is 11.6 Å². The number of likely N-dealkylation sites (N-methyl/N-ethyl adjacent to an activating group) is 1. The molecule has 4 heteroatoms. The Kier molecular flexibility index (Phi) is 5.42. The van der Waals surface area contributed by atoms with Gasteiger partial charge in [-0.2, -0.15) is 0 Å². The molecule has 0 aliphatic carbocycles. The minimum Gasteiger partial charge on any atom is -0.495 e. The van der Waals surface area contributed by atoms with Crippen LogP contribution in [0.15, 0.2) is 48.5 Å². The van der Waals surface area contributed by atoms with Gasteiger partial charge in [-0.05, 0) is 30.2 Å². The smallest absolute Gasteiger partial charge is 0.239 e. The molecule has 0 aliphatic heterocycles. The van der Waals surface area contributed by atoms with E-state index >= 15 is 0 Å². The molecule has 116 valence electrons. The second kappa shape index (κ2) is 7.50. The lowest BCUT2D eigenvalue weighted by molar-refractivity contribution is -0.119. The van der Waals surface area contributed by atoms with Crippen LogP contribution in [0.25, 0.3) is 0 Å². The van der Waals surface area contributed by atoms with Crippen LogP contribution in [0.2, 0.25) is 0 Å². The fourth-order valence-electron chi connectivity index (χ4n) is 2.30. The second-order valence-corrected chi connectivity index (χ2v) is 5.23. The second-order valence-electron chi connectivity index (χ2n) is 5.23. The van der Waals surface area contributed by atoms with E-state index in [9.17, 15) is 4.79 Å². The maximum Gasteiger partial charge on any atom is 0.239 e. The van der Waals surface area contributed by atoms with Crippen molar-refractivity contribution in [3.05, 3.63) is 59.7 Å². The number of nitrogens with zero attached hydrogens (tertiary/aromatic N) is 1. The van der Waals surface area contributed by atoms with Crippen molar-refractivity contribution in [3.8, 4) is 5.75 Å². The van der Waals surface area contributed by atoms with Crippen molar-refractivity contribution in [1.29, 1.82) is 0 Å². The number of benzene rings is 2. The zero-order valence-corrected chi connectivity index (χ0v) is 13.3. The molecule has 0 spiro atoms. The molecular formula is C18H22N2O2. The zero-order valence-electron chi connectivity index (χ0n) is 13.3. The van der Waals surface area contributed by atoms with Gasteiger partial charge in [0.2, 0.25) is 5.91 Å². The fourth-order valence-corrected chi connectivity index (χ4v) is 2.30. The highest BCUT2D eigenvalue weighted by molar-refractivity contribution is 5.81. The predicted octanol–water partition coefficient (Wildman–Crippen LogP) is 2.76. The number of aryl methyl sites for hydroxylation is 1. The summed E-state index contributed by atoms with van der Waals surface area (Å²) >= 11 is 0. The van der Waals surface area contributed by atoms with Crippen LogP contribution in [-0.4, -0.2) is 26.6 Å². The molecule has 4 nitrogen and oxygen atoms in total. The van der Waals surface area contributed by atoms with E-state index in [1.54, 1.807) is 7.11 Å². The van der Waals surface area contributed by atoms with Crippen molar-refractivity contribution in [3.63, 3.8) is 0 Å².